The molecular formula is C18H28N2. The Balaban J connectivity index is 1.54. The lowest BCUT2D eigenvalue weighted by Gasteiger charge is -2.34. The van der Waals surface area contributed by atoms with Crippen molar-refractivity contribution in [2.75, 3.05) is 13.1 Å². The maximum Gasteiger partial charge on any atom is 0.0252 e. The lowest BCUT2D eigenvalue weighted by molar-refractivity contribution is 0.156. The lowest BCUT2D eigenvalue weighted by Crippen LogP contribution is -2.47. The van der Waals surface area contributed by atoms with Crippen molar-refractivity contribution in [1.29, 1.82) is 0 Å². The molecule has 2 nitrogen and oxygen atoms in total. The average molecular weight is 272 g/mol. The molecule has 0 aromatic heterocycles. The predicted molar refractivity (Wildman–Crippen MR) is 85.0 cm³/mol. The zero-order valence-electron chi connectivity index (χ0n) is 12.7. The van der Waals surface area contributed by atoms with Gasteiger partial charge in [0, 0.05) is 18.1 Å². The zero-order chi connectivity index (χ0) is 13.8. The van der Waals surface area contributed by atoms with Gasteiger partial charge in [0.15, 0.2) is 0 Å². The van der Waals surface area contributed by atoms with Gasteiger partial charge in [-0.1, -0.05) is 30.3 Å². The Morgan fingerprint density at radius 2 is 2.05 bits per heavy atom. The van der Waals surface area contributed by atoms with Crippen LogP contribution in [-0.4, -0.2) is 36.1 Å². The SMILES string of the molecule is CC(CCc1ccccc1)N1CCCC1C1CCCN1. The summed E-state index contributed by atoms with van der Waals surface area (Å²) in [6.45, 7) is 4.96. The van der Waals surface area contributed by atoms with Gasteiger partial charge in [-0.05, 0) is 64.1 Å². The van der Waals surface area contributed by atoms with Gasteiger partial charge in [0.2, 0.25) is 0 Å². The van der Waals surface area contributed by atoms with E-state index in [9.17, 15) is 0 Å². The van der Waals surface area contributed by atoms with Crippen LogP contribution in [0.3, 0.4) is 0 Å². The van der Waals surface area contributed by atoms with Gasteiger partial charge in [0.25, 0.3) is 0 Å². The average Bonchev–Trinajstić information content (AvgIpc) is 3.15. The number of hydrogen-bond acceptors (Lipinski definition) is 2. The van der Waals surface area contributed by atoms with Gasteiger partial charge in [-0.3, -0.25) is 4.90 Å². The number of aryl methyl sites for hydroxylation is 1. The van der Waals surface area contributed by atoms with Gasteiger partial charge in [0.1, 0.15) is 0 Å². The van der Waals surface area contributed by atoms with Crippen LogP contribution in [0.15, 0.2) is 30.3 Å². The van der Waals surface area contributed by atoms with Crippen molar-refractivity contribution in [3.8, 4) is 0 Å². The van der Waals surface area contributed by atoms with Gasteiger partial charge < -0.3 is 5.32 Å². The number of rotatable bonds is 5. The van der Waals surface area contributed by atoms with E-state index in [4.69, 9.17) is 0 Å². The fourth-order valence-corrected chi connectivity index (χ4v) is 4.02. The van der Waals surface area contributed by atoms with Gasteiger partial charge in [-0.2, -0.15) is 0 Å². The maximum atomic E-state index is 3.72. The van der Waals surface area contributed by atoms with Crippen LogP contribution in [-0.2, 0) is 6.42 Å². The molecule has 1 N–H and O–H groups in total. The highest BCUT2D eigenvalue weighted by atomic mass is 15.2. The second-order valence-corrected chi connectivity index (χ2v) is 6.52. The summed E-state index contributed by atoms with van der Waals surface area (Å²) >= 11 is 0. The first-order valence-electron chi connectivity index (χ1n) is 8.37. The van der Waals surface area contributed by atoms with E-state index in [-0.39, 0.29) is 0 Å². The molecule has 0 radical (unpaired) electrons. The van der Waals surface area contributed by atoms with E-state index in [2.05, 4.69) is 47.5 Å². The standard InChI is InChI=1S/C18H28N2/c1-15(11-12-16-7-3-2-4-8-16)20-14-6-10-18(20)17-9-5-13-19-17/h2-4,7-8,15,17-19H,5-6,9-14H2,1H3. The molecule has 2 aliphatic rings. The number of likely N-dealkylation sites (tertiary alicyclic amines) is 1. The van der Waals surface area contributed by atoms with E-state index >= 15 is 0 Å². The van der Waals surface area contributed by atoms with Gasteiger partial charge >= 0.3 is 0 Å². The smallest absolute Gasteiger partial charge is 0.0252 e. The van der Waals surface area contributed by atoms with Crippen LogP contribution < -0.4 is 5.32 Å². The second kappa shape index (κ2) is 6.73. The Morgan fingerprint density at radius 3 is 2.80 bits per heavy atom. The van der Waals surface area contributed by atoms with E-state index < -0.39 is 0 Å². The molecule has 0 saturated carbocycles. The van der Waals surface area contributed by atoms with Crippen LogP contribution in [0.1, 0.15) is 44.6 Å². The molecule has 0 spiro atoms. The topological polar surface area (TPSA) is 15.3 Å². The van der Waals surface area contributed by atoms with E-state index in [0.717, 1.165) is 12.1 Å². The minimum absolute atomic E-state index is 0.713. The third-order valence-electron chi connectivity index (χ3n) is 5.16. The van der Waals surface area contributed by atoms with E-state index in [0.29, 0.717) is 6.04 Å². The number of nitrogens with one attached hydrogen (secondary N) is 1. The fourth-order valence-electron chi connectivity index (χ4n) is 4.02. The lowest BCUT2D eigenvalue weighted by atomic mass is 10.0. The zero-order valence-corrected chi connectivity index (χ0v) is 12.7. The highest BCUT2D eigenvalue weighted by Gasteiger charge is 2.35. The molecule has 0 aliphatic carbocycles. The Bertz CT molecular complexity index is 397. The van der Waals surface area contributed by atoms with Crippen molar-refractivity contribution >= 4 is 0 Å². The Hall–Kier alpha value is -0.860. The normalized spacial score (nSPS) is 28.9. The summed E-state index contributed by atoms with van der Waals surface area (Å²) in [5, 5.41) is 3.72. The summed E-state index contributed by atoms with van der Waals surface area (Å²) in [5.74, 6) is 0. The van der Waals surface area contributed by atoms with Crippen LogP contribution >= 0.6 is 0 Å². The van der Waals surface area contributed by atoms with Gasteiger partial charge in [-0.25, -0.2) is 0 Å². The first-order valence-corrected chi connectivity index (χ1v) is 8.37. The van der Waals surface area contributed by atoms with Crippen LogP contribution in [0.25, 0.3) is 0 Å². The summed E-state index contributed by atoms with van der Waals surface area (Å²) in [5.41, 5.74) is 1.48. The molecule has 3 unspecified atom stereocenters. The molecule has 3 rings (SSSR count). The third-order valence-corrected chi connectivity index (χ3v) is 5.16. The van der Waals surface area contributed by atoms with Crippen molar-refractivity contribution in [3.63, 3.8) is 0 Å². The largest absolute Gasteiger partial charge is 0.312 e. The van der Waals surface area contributed by atoms with Crippen molar-refractivity contribution < 1.29 is 0 Å². The van der Waals surface area contributed by atoms with Crippen LogP contribution in [0.5, 0.6) is 0 Å². The summed E-state index contributed by atoms with van der Waals surface area (Å²) in [6, 6.07) is 13.2. The molecule has 110 valence electrons. The molecule has 0 bridgehead atoms. The molecule has 0 amide bonds. The molecule has 1 aromatic rings. The van der Waals surface area contributed by atoms with Gasteiger partial charge in [0.05, 0.1) is 0 Å². The molecule has 2 saturated heterocycles. The molecule has 3 atom stereocenters. The Kier molecular flexibility index (Phi) is 4.74. The van der Waals surface area contributed by atoms with E-state index in [1.807, 2.05) is 0 Å². The highest BCUT2D eigenvalue weighted by molar-refractivity contribution is 5.14. The summed E-state index contributed by atoms with van der Waals surface area (Å²) in [7, 11) is 0. The van der Waals surface area contributed by atoms with Gasteiger partial charge in [-0.15, -0.1) is 0 Å². The first-order chi connectivity index (χ1) is 9.84. The molecule has 2 heteroatoms. The first kappa shape index (κ1) is 14.1. The number of benzene rings is 1. The van der Waals surface area contributed by atoms with Crippen molar-refractivity contribution in [2.45, 2.75) is 63.6 Å². The molecule has 20 heavy (non-hydrogen) atoms. The van der Waals surface area contributed by atoms with Crippen LogP contribution in [0, 0.1) is 0 Å². The molecule has 2 aliphatic heterocycles. The second-order valence-electron chi connectivity index (χ2n) is 6.52. The summed E-state index contributed by atoms with van der Waals surface area (Å²) in [6.07, 6.45) is 8.03. The molecule has 1 aromatic carbocycles. The third kappa shape index (κ3) is 3.24. The van der Waals surface area contributed by atoms with E-state index in [1.54, 1.807) is 0 Å². The number of hydrogen-bond donors (Lipinski definition) is 1. The monoisotopic (exact) mass is 272 g/mol. The van der Waals surface area contributed by atoms with Crippen molar-refractivity contribution in [1.82, 2.24) is 10.2 Å². The van der Waals surface area contributed by atoms with Crippen molar-refractivity contribution in [2.24, 2.45) is 0 Å². The minimum Gasteiger partial charge on any atom is -0.312 e. The highest BCUT2D eigenvalue weighted by Crippen LogP contribution is 2.28. The summed E-state index contributed by atoms with van der Waals surface area (Å²) < 4.78 is 0. The fraction of sp³-hybridized carbons (Fsp3) is 0.667. The van der Waals surface area contributed by atoms with Crippen molar-refractivity contribution in [3.05, 3.63) is 35.9 Å². The maximum absolute atomic E-state index is 3.72. The van der Waals surface area contributed by atoms with E-state index in [1.165, 1.54) is 57.2 Å². The van der Waals surface area contributed by atoms with Crippen LogP contribution in [0.4, 0.5) is 0 Å². The Labute approximate surface area is 123 Å². The predicted octanol–water partition coefficient (Wildman–Crippen LogP) is 3.22. The van der Waals surface area contributed by atoms with Crippen LogP contribution in [0.2, 0.25) is 0 Å². The quantitative estimate of drug-likeness (QED) is 0.885. The minimum atomic E-state index is 0.713. The summed E-state index contributed by atoms with van der Waals surface area (Å²) in [4.78, 5) is 2.78. The Morgan fingerprint density at radius 1 is 1.20 bits per heavy atom. The molecule has 2 heterocycles. The molecular weight excluding hydrogens is 244 g/mol. The molecule has 2 fully saturated rings. The number of nitrogens with zero attached hydrogens (tertiary/aromatic N) is 1.